The lowest BCUT2D eigenvalue weighted by molar-refractivity contribution is -0.141. The van der Waals surface area contributed by atoms with Gasteiger partial charge in [0.15, 0.2) is 5.69 Å². The van der Waals surface area contributed by atoms with E-state index in [1.165, 1.54) is 0 Å². The molecular weight excluding hydrogens is 157 g/mol. The quantitative estimate of drug-likeness (QED) is 0.621. The van der Waals surface area contributed by atoms with Crippen LogP contribution in [0.2, 0.25) is 0 Å². The zero-order valence-corrected chi connectivity index (χ0v) is 5.81. The predicted molar refractivity (Wildman–Crippen MR) is 32.9 cm³/mol. The number of alkyl halides is 3. The Labute approximate surface area is 63.0 Å². The normalized spacial score (nSPS) is 13.3. The van der Waals surface area contributed by atoms with Crippen LogP contribution in [-0.2, 0) is 12.7 Å². The van der Waals surface area contributed by atoms with Crippen molar-refractivity contribution in [3.63, 3.8) is 0 Å². The van der Waals surface area contributed by atoms with E-state index in [0.717, 1.165) is 10.9 Å². The molecule has 0 spiro atoms. The fourth-order valence-corrected chi connectivity index (χ4v) is 0.622. The van der Waals surface area contributed by atoms with Gasteiger partial charge in [-0.15, -0.1) is 0 Å². The van der Waals surface area contributed by atoms with Crippen LogP contribution in [0.4, 0.5) is 13.2 Å². The Balaban J connectivity index is 3.08. The van der Waals surface area contributed by atoms with E-state index in [0.29, 0.717) is 6.54 Å². The zero-order valence-electron chi connectivity index (χ0n) is 6.81. The topological polar surface area (TPSA) is 17.8 Å². The Morgan fingerprint density at radius 1 is 1.73 bits per heavy atom. The first-order valence-corrected chi connectivity index (χ1v) is 3.06. The molecule has 0 unspecified atom stereocenters. The number of rotatable bonds is 1. The highest BCUT2D eigenvalue weighted by atomic mass is 19.4. The summed E-state index contributed by atoms with van der Waals surface area (Å²) in [6, 6.07) is -0.579. The second-order valence-corrected chi connectivity index (χ2v) is 1.98. The molecule has 0 saturated heterocycles. The number of aryl methyl sites for hydroxylation is 1. The molecule has 11 heavy (non-hydrogen) atoms. The molecule has 0 bridgehead atoms. The van der Waals surface area contributed by atoms with Gasteiger partial charge in [-0.1, -0.05) is 0 Å². The van der Waals surface area contributed by atoms with Gasteiger partial charge in [0.1, 0.15) is 0 Å². The van der Waals surface area contributed by atoms with Crippen LogP contribution < -0.4 is 0 Å². The third-order valence-electron chi connectivity index (χ3n) is 1.17. The van der Waals surface area contributed by atoms with Crippen molar-refractivity contribution < 1.29 is 14.5 Å². The van der Waals surface area contributed by atoms with Gasteiger partial charge in [-0.25, -0.2) is 0 Å². The third kappa shape index (κ3) is 1.72. The molecule has 2 nitrogen and oxygen atoms in total. The van der Waals surface area contributed by atoms with Crippen LogP contribution in [0.3, 0.4) is 0 Å². The standard InChI is InChI=1S/C6H7F3N2/c1-2-11-4-3-5(10-11)6(7,8)9/h3-4H,2H2,1H3/i3D. The van der Waals surface area contributed by atoms with E-state index in [1.54, 1.807) is 6.92 Å². The summed E-state index contributed by atoms with van der Waals surface area (Å²) < 4.78 is 44.0. The molecule has 62 valence electrons. The number of aromatic nitrogens is 2. The van der Waals surface area contributed by atoms with Gasteiger partial charge in [-0.05, 0) is 13.0 Å². The highest BCUT2D eigenvalue weighted by Crippen LogP contribution is 2.26. The van der Waals surface area contributed by atoms with E-state index in [1.807, 2.05) is 0 Å². The van der Waals surface area contributed by atoms with E-state index in [4.69, 9.17) is 1.37 Å². The molecule has 0 aromatic carbocycles. The monoisotopic (exact) mass is 165 g/mol. The molecule has 1 aromatic rings. The van der Waals surface area contributed by atoms with E-state index in [2.05, 4.69) is 5.10 Å². The Kier molecular flexibility index (Phi) is 1.56. The minimum Gasteiger partial charge on any atom is -0.272 e. The van der Waals surface area contributed by atoms with Gasteiger partial charge in [0.25, 0.3) is 0 Å². The maximum absolute atomic E-state index is 12.0. The maximum atomic E-state index is 12.0. The van der Waals surface area contributed by atoms with Gasteiger partial charge in [0.05, 0.1) is 1.37 Å². The lowest BCUT2D eigenvalue weighted by Crippen LogP contribution is -2.07. The Hall–Kier alpha value is -1.00. The second-order valence-electron chi connectivity index (χ2n) is 1.98. The average Bonchev–Trinajstić information content (AvgIpc) is 2.29. The first kappa shape index (κ1) is 6.69. The fraction of sp³-hybridized carbons (Fsp3) is 0.500. The lowest BCUT2D eigenvalue weighted by Gasteiger charge is -1.99. The van der Waals surface area contributed by atoms with Crippen LogP contribution in [-0.4, -0.2) is 9.78 Å². The predicted octanol–water partition coefficient (Wildman–Crippen LogP) is 1.92. The van der Waals surface area contributed by atoms with Crippen molar-refractivity contribution in [2.45, 2.75) is 19.6 Å². The molecule has 0 aliphatic rings. The number of halogens is 3. The van der Waals surface area contributed by atoms with E-state index in [-0.39, 0.29) is 0 Å². The molecule has 0 radical (unpaired) electrons. The first-order chi connectivity index (χ1) is 5.45. The summed E-state index contributed by atoms with van der Waals surface area (Å²) in [6.07, 6.45) is -3.46. The highest BCUT2D eigenvalue weighted by Gasteiger charge is 2.33. The summed E-state index contributed by atoms with van der Waals surface area (Å²) >= 11 is 0. The molecule has 0 aliphatic heterocycles. The maximum Gasteiger partial charge on any atom is 0.435 e. The van der Waals surface area contributed by atoms with Crippen LogP contribution in [0.5, 0.6) is 0 Å². The van der Waals surface area contributed by atoms with Gasteiger partial charge in [0.2, 0.25) is 0 Å². The van der Waals surface area contributed by atoms with Crippen molar-refractivity contribution in [1.29, 1.82) is 0 Å². The van der Waals surface area contributed by atoms with E-state index < -0.39 is 17.9 Å². The fourth-order valence-electron chi connectivity index (χ4n) is 0.622. The van der Waals surface area contributed by atoms with Crippen molar-refractivity contribution in [1.82, 2.24) is 9.78 Å². The van der Waals surface area contributed by atoms with Crippen LogP contribution in [0.1, 0.15) is 14.0 Å². The Morgan fingerprint density at radius 3 is 2.64 bits per heavy atom. The highest BCUT2D eigenvalue weighted by molar-refractivity contribution is 5.02. The first-order valence-electron chi connectivity index (χ1n) is 3.56. The van der Waals surface area contributed by atoms with Crippen LogP contribution in [0.15, 0.2) is 12.2 Å². The zero-order chi connectivity index (χ0) is 9.35. The summed E-state index contributed by atoms with van der Waals surface area (Å²) in [7, 11) is 0. The summed E-state index contributed by atoms with van der Waals surface area (Å²) in [4.78, 5) is 0. The SMILES string of the molecule is [2H]c1cn(CC)nc1C(F)(F)F. The van der Waals surface area contributed by atoms with Crippen molar-refractivity contribution in [3.05, 3.63) is 17.9 Å². The van der Waals surface area contributed by atoms with Gasteiger partial charge < -0.3 is 0 Å². The second kappa shape index (κ2) is 2.56. The van der Waals surface area contributed by atoms with E-state index >= 15 is 0 Å². The van der Waals surface area contributed by atoms with Crippen molar-refractivity contribution >= 4 is 0 Å². The minimum atomic E-state index is -4.52. The van der Waals surface area contributed by atoms with Crippen molar-refractivity contribution in [2.24, 2.45) is 0 Å². The summed E-state index contributed by atoms with van der Waals surface area (Å²) in [6.45, 7) is 1.99. The number of hydrogen-bond donors (Lipinski definition) is 0. The Morgan fingerprint density at radius 2 is 2.36 bits per heavy atom. The smallest absolute Gasteiger partial charge is 0.272 e. The largest absolute Gasteiger partial charge is 0.435 e. The molecule has 1 rings (SSSR count). The van der Waals surface area contributed by atoms with E-state index in [9.17, 15) is 13.2 Å². The molecule has 0 fully saturated rings. The van der Waals surface area contributed by atoms with Gasteiger partial charge >= 0.3 is 6.18 Å². The lowest BCUT2D eigenvalue weighted by atomic mass is 10.4. The van der Waals surface area contributed by atoms with Crippen molar-refractivity contribution in [3.8, 4) is 0 Å². The molecule has 0 aliphatic carbocycles. The minimum absolute atomic E-state index is 0.335. The van der Waals surface area contributed by atoms with Gasteiger partial charge in [-0.2, -0.15) is 18.3 Å². The Bertz CT molecular complexity index is 279. The molecule has 5 heteroatoms. The molecule has 1 aromatic heterocycles. The average molecular weight is 165 g/mol. The van der Waals surface area contributed by atoms with Gasteiger partial charge in [-0.3, -0.25) is 4.68 Å². The molecule has 1 heterocycles. The number of nitrogens with zero attached hydrogens (tertiary/aromatic N) is 2. The molecule has 0 atom stereocenters. The molecule has 0 amide bonds. The molecule has 0 N–H and O–H groups in total. The van der Waals surface area contributed by atoms with Crippen LogP contribution in [0, 0.1) is 0 Å². The summed E-state index contributed by atoms with van der Waals surface area (Å²) in [5.41, 5.74) is -1.12. The van der Waals surface area contributed by atoms with Crippen molar-refractivity contribution in [2.75, 3.05) is 0 Å². The van der Waals surface area contributed by atoms with Crippen LogP contribution in [0.25, 0.3) is 0 Å². The number of hydrogen-bond acceptors (Lipinski definition) is 1. The molecular formula is C6H7F3N2. The van der Waals surface area contributed by atoms with Gasteiger partial charge in [0, 0.05) is 12.7 Å². The summed E-state index contributed by atoms with van der Waals surface area (Å²) in [5.74, 6) is 0. The third-order valence-corrected chi connectivity index (χ3v) is 1.17. The van der Waals surface area contributed by atoms with Crippen LogP contribution >= 0.6 is 0 Å². The summed E-state index contributed by atoms with van der Waals surface area (Å²) in [5, 5.41) is 3.20. The molecule has 0 saturated carbocycles.